The second-order valence-corrected chi connectivity index (χ2v) is 4.50. The van der Waals surface area contributed by atoms with E-state index in [4.69, 9.17) is 0 Å². The Hall–Kier alpha value is -2.59. The van der Waals surface area contributed by atoms with E-state index in [-0.39, 0.29) is 18.2 Å². The molecule has 136 valence electrons. The van der Waals surface area contributed by atoms with Crippen LogP contribution in [0.4, 0.5) is 39.5 Å². The standard InChI is InChI=1S/C14H5F9O2/c15-6-3-9(17)12(10(18)4-6)13(19,20)24-7-1-2-11(8(16)5-7)25-14(21,22)23/h1-5H. The third kappa shape index (κ3) is 4.48. The summed E-state index contributed by atoms with van der Waals surface area (Å²) >= 11 is 0. The molecule has 2 aromatic carbocycles. The monoisotopic (exact) mass is 376 g/mol. The highest BCUT2D eigenvalue weighted by Gasteiger charge is 2.41. The van der Waals surface area contributed by atoms with E-state index in [0.29, 0.717) is 12.1 Å². The molecule has 0 heterocycles. The first-order valence-corrected chi connectivity index (χ1v) is 6.16. The summed E-state index contributed by atoms with van der Waals surface area (Å²) in [6, 6.07) is 0.810. The van der Waals surface area contributed by atoms with Crippen LogP contribution in [0, 0.1) is 23.3 Å². The number of hydrogen-bond acceptors (Lipinski definition) is 2. The number of halogens is 9. The third-order valence-corrected chi connectivity index (χ3v) is 2.67. The van der Waals surface area contributed by atoms with Crippen molar-refractivity contribution >= 4 is 0 Å². The van der Waals surface area contributed by atoms with Crippen LogP contribution in [-0.4, -0.2) is 6.36 Å². The summed E-state index contributed by atoms with van der Waals surface area (Å²) in [6.07, 6.45) is -9.94. The molecule has 11 heteroatoms. The van der Waals surface area contributed by atoms with Gasteiger partial charge in [0.1, 0.15) is 28.8 Å². The normalized spacial score (nSPS) is 12.2. The third-order valence-electron chi connectivity index (χ3n) is 2.67. The van der Waals surface area contributed by atoms with Crippen LogP contribution < -0.4 is 9.47 Å². The first-order valence-electron chi connectivity index (χ1n) is 6.16. The zero-order valence-corrected chi connectivity index (χ0v) is 11.6. The Morgan fingerprint density at radius 3 is 1.72 bits per heavy atom. The molecule has 0 bridgehead atoms. The first kappa shape index (κ1) is 18.7. The van der Waals surface area contributed by atoms with Gasteiger partial charge in [-0.05, 0) is 12.1 Å². The molecule has 0 aliphatic rings. The maximum absolute atomic E-state index is 13.8. The predicted molar refractivity (Wildman–Crippen MR) is 63.9 cm³/mol. The quantitative estimate of drug-likeness (QED) is 0.677. The summed E-state index contributed by atoms with van der Waals surface area (Å²) in [4.78, 5) is 0. The highest BCUT2D eigenvalue weighted by molar-refractivity contribution is 5.34. The number of ether oxygens (including phenoxy) is 2. The predicted octanol–water partition coefficient (Wildman–Crippen LogP) is 5.27. The van der Waals surface area contributed by atoms with E-state index < -0.39 is 52.8 Å². The number of rotatable bonds is 4. The van der Waals surface area contributed by atoms with Crippen molar-refractivity contribution in [2.45, 2.75) is 12.5 Å². The van der Waals surface area contributed by atoms with E-state index >= 15 is 0 Å². The van der Waals surface area contributed by atoms with Crippen LogP contribution >= 0.6 is 0 Å². The van der Waals surface area contributed by atoms with Crippen LogP contribution in [0.1, 0.15) is 5.56 Å². The van der Waals surface area contributed by atoms with Crippen LogP contribution in [-0.2, 0) is 6.11 Å². The lowest BCUT2D eigenvalue weighted by Crippen LogP contribution is -2.25. The maximum atomic E-state index is 13.8. The summed E-state index contributed by atoms with van der Waals surface area (Å²) in [5.41, 5.74) is -1.95. The fraction of sp³-hybridized carbons (Fsp3) is 0.143. The minimum atomic E-state index is -5.23. The van der Waals surface area contributed by atoms with Gasteiger partial charge >= 0.3 is 12.5 Å². The lowest BCUT2D eigenvalue weighted by molar-refractivity contribution is -0.275. The van der Waals surface area contributed by atoms with Crippen LogP contribution in [0.5, 0.6) is 11.5 Å². The maximum Gasteiger partial charge on any atom is 0.573 e. The average molecular weight is 376 g/mol. The van der Waals surface area contributed by atoms with Crippen molar-refractivity contribution < 1.29 is 49.0 Å². The molecule has 0 amide bonds. The number of hydrogen-bond donors (Lipinski definition) is 0. The van der Waals surface area contributed by atoms with Crippen molar-refractivity contribution in [1.82, 2.24) is 0 Å². The highest BCUT2D eigenvalue weighted by atomic mass is 19.4. The van der Waals surface area contributed by atoms with Crippen molar-refractivity contribution in [3.63, 3.8) is 0 Å². The molecular weight excluding hydrogens is 371 g/mol. The SMILES string of the molecule is Fc1cc(F)c(C(F)(F)Oc2ccc(OC(F)(F)F)c(F)c2)c(F)c1. The van der Waals surface area contributed by atoms with Gasteiger partial charge in [-0.25, -0.2) is 17.6 Å². The molecule has 0 saturated heterocycles. The van der Waals surface area contributed by atoms with Gasteiger partial charge < -0.3 is 9.47 Å². The van der Waals surface area contributed by atoms with Crippen molar-refractivity contribution in [3.8, 4) is 11.5 Å². The van der Waals surface area contributed by atoms with E-state index in [2.05, 4.69) is 9.47 Å². The Morgan fingerprint density at radius 1 is 0.680 bits per heavy atom. The highest BCUT2D eigenvalue weighted by Crippen LogP contribution is 2.37. The summed E-state index contributed by atoms with van der Waals surface area (Å²) in [6.45, 7) is 0. The minimum Gasteiger partial charge on any atom is -0.429 e. The summed E-state index contributed by atoms with van der Waals surface area (Å²) in [7, 11) is 0. The minimum absolute atomic E-state index is 0.0312. The molecule has 0 spiro atoms. The van der Waals surface area contributed by atoms with Gasteiger partial charge in [0.05, 0.1) is 0 Å². The van der Waals surface area contributed by atoms with Crippen molar-refractivity contribution in [2.24, 2.45) is 0 Å². The van der Waals surface area contributed by atoms with E-state index in [1.54, 1.807) is 0 Å². The zero-order valence-electron chi connectivity index (χ0n) is 11.6. The molecule has 0 saturated carbocycles. The van der Waals surface area contributed by atoms with E-state index in [0.717, 1.165) is 0 Å². The van der Waals surface area contributed by atoms with Crippen LogP contribution in [0.25, 0.3) is 0 Å². The molecule has 0 aromatic heterocycles. The zero-order chi connectivity index (χ0) is 19.0. The van der Waals surface area contributed by atoms with Crippen LogP contribution in [0.15, 0.2) is 30.3 Å². The Morgan fingerprint density at radius 2 is 1.24 bits per heavy atom. The molecule has 0 fully saturated rings. The fourth-order valence-electron chi connectivity index (χ4n) is 1.77. The average Bonchev–Trinajstić information content (AvgIpc) is 2.38. The summed E-state index contributed by atoms with van der Waals surface area (Å²) < 4.78 is 124. The van der Waals surface area contributed by atoms with Gasteiger partial charge in [0, 0.05) is 18.2 Å². The molecule has 0 N–H and O–H groups in total. The Kier molecular flexibility index (Phi) is 4.78. The lowest BCUT2D eigenvalue weighted by Gasteiger charge is -2.20. The molecule has 0 aliphatic carbocycles. The van der Waals surface area contributed by atoms with Crippen molar-refractivity contribution in [3.05, 3.63) is 59.2 Å². The van der Waals surface area contributed by atoms with E-state index in [1.807, 2.05) is 0 Å². The fourth-order valence-corrected chi connectivity index (χ4v) is 1.77. The molecule has 25 heavy (non-hydrogen) atoms. The molecule has 0 radical (unpaired) electrons. The van der Waals surface area contributed by atoms with E-state index in [9.17, 15) is 39.5 Å². The molecule has 2 rings (SSSR count). The Balaban J connectivity index is 2.31. The Bertz CT molecular complexity index is 763. The lowest BCUT2D eigenvalue weighted by atomic mass is 10.1. The van der Waals surface area contributed by atoms with Gasteiger partial charge in [0.25, 0.3) is 0 Å². The topological polar surface area (TPSA) is 18.5 Å². The van der Waals surface area contributed by atoms with E-state index in [1.165, 1.54) is 0 Å². The number of alkyl halides is 5. The van der Waals surface area contributed by atoms with Gasteiger partial charge in [-0.15, -0.1) is 13.2 Å². The summed E-state index contributed by atoms with van der Waals surface area (Å²) in [5.74, 6) is -9.51. The molecule has 0 atom stereocenters. The largest absolute Gasteiger partial charge is 0.573 e. The molecule has 2 aromatic rings. The van der Waals surface area contributed by atoms with Gasteiger partial charge in [0.2, 0.25) is 0 Å². The molecular formula is C14H5F9O2. The molecule has 0 aliphatic heterocycles. The second-order valence-electron chi connectivity index (χ2n) is 4.50. The molecule has 2 nitrogen and oxygen atoms in total. The smallest absolute Gasteiger partial charge is 0.429 e. The summed E-state index contributed by atoms with van der Waals surface area (Å²) in [5, 5.41) is 0. The van der Waals surface area contributed by atoms with Gasteiger partial charge in [-0.2, -0.15) is 8.78 Å². The Labute approximate surface area is 133 Å². The van der Waals surface area contributed by atoms with Crippen LogP contribution in [0.2, 0.25) is 0 Å². The van der Waals surface area contributed by atoms with Crippen molar-refractivity contribution in [2.75, 3.05) is 0 Å². The molecule has 0 unspecified atom stereocenters. The second kappa shape index (κ2) is 6.37. The van der Waals surface area contributed by atoms with Crippen molar-refractivity contribution in [1.29, 1.82) is 0 Å². The van der Waals surface area contributed by atoms with Crippen LogP contribution in [0.3, 0.4) is 0 Å². The van der Waals surface area contributed by atoms with Gasteiger partial charge in [0.15, 0.2) is 11.6 Å². The van der Waals surface area contributed by atoms with Gasteiger partial charge in [-0.1, -0.05) is 0 Å². The number of benzene rings is 2. The first-order chi connectivity index (χ1) is 11.4. The van der Waals surface area contributed by atoms with Gasteiger partial charge in [-0.3, -0.25) is 0 Å².